The van der Waals surface area contributed by atoms with Crippen LogP contribution in [0, 0.1) is 0 Å². The Morgan fingerprint density at radius 2 is 1.65 bits per heavy atom. The van der Waals surface area contributed by atoms with Crippen LogP contribution in [-0.2, 0) is 0 Å². The van der Waals surface area contributed by atoms with Crippen LogP contribution >= 0.6 is 34.8 Å². The summed E-state index contributed by atoms with van der Waals surface area (Å²) in [6, 6.07) is 4.88. The molecule has 1 fully saturated rings. The van der Waals surface area contributed by atoms with Crippen molar-refractivity contribution in [3.8, 4) is 5.75 Å². The van der Waals surface area contributed by atoms with Gasteiger partial charge >= 0.3 is 0 Å². The Morgan fingerprint density at radius 3 is 2.35 bits per heavy atom. The van der Waals surface area contributed by atoms with Crippen LogP contribution in [0.4, 0.5) is 5.95 Å². The highest BCUT2D eigenvalue weighted by atomic mass is 35.5. The van der Waals surface area contributed by atoms with Gasteiger partial charge in [-0.05, 0) is 12.1 Å². The lowest BCUT2D eigenvalue weighted by Gasteiger charge is -2.35. The maximum absolute atomic E-state index is 10.3. The number of ether oxygens (including phenoxy) is 1. The molecule has 2 heterocycles. The molecule has 26 heavy (non-hydrogen) atoms. The smallest absolute Gasteiger partial charge is 0.225 e. The summed E-state index contributed by atoms with van der Waals surface area (Å²) in [6.07, 6.45) is 2.84. The first-order valence-corrected chi connectivity index (χ1v) is 9.36. The van der Waals surface area contributed by atoms with Crippen molar-refractivity contribution >= 4 is 40.8 Å². The normalized spacial score (nSPS) is 16.5. The number of rotatable bonds is 6. The molecule has 1 aliphatic rings. The number of hydrogen-bond donors (Lipinski definition) is 1. The van der Waals surface area contributed by atoms with Crippen LogP contribution in [0.2, 0.25) is 15.1 Å². The molecule has 0 amide bonds. The van der Waals surface area contributed by atoms with Crippen LogP contribution in [0.15, 0.2) is 30.6 Å². The minimum Gasteiger partial charge on any atom is -0.489 e. The van der Waals surface area contributed by atoms with Gasteiger partial charge < -0.3 is 14.7 Å². The lowest BCUT2D eigenvalue weighted by Crippen LogP contribution is -2.49. The number of anilines is 1. The molecule has 1 saturated heterocycles. The third-order valence-electron chi connectivity index (χ3n) is 4.08. The number of aromatic nitrogens is 2. The number of aliphatic hydroxyl groups excluding tert-OH is 1. The molecular weight excluding hydrogens is 399 g/mol. The van der Waals surface area contributed by atoms with Crippen molar-refractivity contribution in [1.29, 1.82) is 0 Å². The highest BCUT2D eigenvalue weighted by molar-refractivity contribution is 6.43. The Balaban J connectivity index is 1.45. The van der Waals surface area contributed by atoms with Crippen LogP contribution in [0.25, 0.3) is 0 Å². The number of nitrogens with zero attached hydrogens (tertiary/aromatic N) is 4. The van der Waals surface area contributed by atoms with Crippen LogP contribution < -0.4 is 9.64 Å². The molecule has 1 aliphatic heterocycles. The maximum Gasteiger partial charge on any atom is 0.225 e. The van der Waals surface area contributed by atoms with Gasteiger partial charge in [-0.3, -0.25) is 4.90 Å². The van der Waals surface area contributed by atoms with Crippen molar-refractivity contribution in [2.75, 3.05) is 44.2 Å². The van der Waals surface area contributed by atoms with E-state index in [2.05, 4.69) is 19.8 Å². The van der Waals surface area contributed by atoms with E-state index in [9.17, 15) is 5.11 Å². The second kappa shape index (κ2) is 9.06. The molecule has 1 N–H and O–H groups in total. The maximum atomic E-state index is 10.3. The second-order valence-electron chi connectivity index (χ2n) is 6.00. The monoisotopic (exact) mass is 416 g/mol. The van der Waals surface area contributed by atoms with Gasteiger partial charge in [-0.2, -0.15) is 0 Å². The molecule has 2 aromatic rings. The highest BCUT2D eigenvalue weighted by Crippen LogP contribution is 2.33. The average Bonchev–Trinajstić information content (AvgIpc) is 2.65. The quantitative estimate of drug-likeness (QED) is 0.729. The van der Waals surface area contributed by atoms with Gasteiger partial charge in [0.05, 0.1) is 15.1 Å². The van der Waals surface area contributed by atoms with Crippen LogP contribution in [0.1, 0.15) is 0 Å². The summed E-state index contributed by atoms with van der Waals surface area (Å²) in [4.78, 5) is 12.9. The van der Waals surface area contributed by atoms with Gasteiger partial charge in [0.2, 0.25) is 5.95 Å². The van der Waals surface area contributed by atoms with E-state index < -0.39 is 6.10 Å². The van der Waals surface area contributed by atoms with Crippen molar-refractivity contribution in [1.82, 2.24) is 14.9 Å². The van der Waals surface area contributed by atoms with Gasteiger partial charge in [0.25, 0.3) is 0 Å². The van der Waals surface area contributed by atoms with Gasteiger partial charge in [0, 0.05) is 51.2 Å². The van der Waals surface area contributed by atoms with Crippen molar-refractivity contribution in [3.63, 3.8) is 0 Å². The number of piperazine rings is 1. The largest absolute Gasteiger partial charge is 0.489 e. The number of aliphatic hydroxyl groups is 1. The molecular formula is C17H19Cl3N4O2. The predicted octanol–water partition coefficient (Wildman–Crippen LogP) is 3.00. The Hall–Kier alpha value is -1.31. The summed E-state index contributed by atoms with van der Waals surface area (Å²) < 4.78 is 5.58. The molecule has 0 aliphatic carbocycles. The summed E-state index contributed by atoms with van der Waals surface area (Å²) in [6.45, 7) is 3.92. The van der Waals surface area contributed by atoms with Gasteiger partial charge in [-0.25, -0.2) is 9.97 Å². The fraction of sp³-hybridized carbons (Fsp3) is 0.412. The molecule has 6 nitrogen and oxygen atoms in total. The van der Waals surface area contributed by atoms with Crippen LogP contribution in [-0.4, -0.2) is 65.4 Å². The molecule has 0 saturated carbocycles. The first kappa shape index (κ1) is 19.5. The fourth-order valence-corrected chi connectivity index (χ4v) is 3.33. The number of benzene rings is 1. The second-order valence-corrected chi connectivity index (χ2v) is 7.22. The summed E-state index contributed by atoms with van der Waals surface area (Å²) in [5, 5.41) is 11.3. The first-order valence-electron chi connectivity index (χ1n) is 8.22. The Bertz CT molecular complexity index is 727. The van der Waals surface area contributed by atoms with Gasteiger partial charge in [-0.1, -0.05) is 34.8 Å². The third kappa shape index (κ3) is 5.11. The summed E-state index contributed by atoms with van der Waals surface area (Å²) in [5.74, 6) is 1.15. The van der Waals surface area contributed by atoms with Crippen molar-refractivity contribution in [3.05, 3.63) is 45.7 Å². The summed E-state index contributed by atoms with van der Waals surface area (Å²) in [7, 11) is 0. The van der Waals surface area contributed by atoms with Crippen LogP contribution in [0.3, 0.4) is 0 Å². The SMILES string of the molecule is O[C@@H](COc1cc(Cl)c(Cl)cc1Cl)CN1CCN(c2ncccn2)CC1. The molecule has 0 radical (unpaired) electrons. The van der Waals surface area contributed by atoms with E-state index >= 15 is 0 Å². The van der Waals surface area contributed by atoms with E-state index in [4.69, 9.17) is 39.5 Å². The number of halogens is 3. The van der Waals surface area contributed by atoms with E-state index in [1.165, 1.54) is 6.07 Å². The van der Waals surface area contributed by atoms with E-state index in [0.717, 1.165) is 32.1 Å². The molecule has 0 spiro atoms. The zero-order valence-corrected chi connectivity index (χ0v) is 16.3. The van der Waals surface area contributed by atoms with E-state index in [1.54, 1.807) is 24.5 Å². The van der Waals surface area contributed by atoms with E-state index in [1.807, 2.05) is 0 Å². The predicted molar refractivity (Wildman–Crippen MR) is 104 cm³/mol. The van der Waals surface area contributed by atoms with Crippen molar-refractivity contribution in [2.45, 2.75) is 6.10 Å². The van der Waals surface area contributed by atoms with Crippen LogP contribution in [0.5, 0.6) is 5.75 Å². The minimum atomic E-state index is -0.639. The molecule has 3 rings (SSSR count). The van der Waals surface area contributed by atoms with Gasteiger partial charge in [0.1, 0.15) is 18.5 Å². The zero-order valence-electron chi connectivity index (χ0n) is 14.0. The van der Waals surface area contributed by atoms with E-state index in [0.29, 0.717) is 27.4 Å². The minimum absolute atomic E-state index is 0.125. The molecule has 1 aromatic heterocycles. The molecule has 0 unspecified atom stereocenters. The lowest BCUT2D eigenvalue weighted by atomic mass is 10.2. The van der Waals surface area contributed by atoms with E-state index in [-0.39, 0.29) is 6.61 Å². The first-order chi connectivity index (χ1) is 12.5. The summed E-state index contributed by atoms with van der Waals surface area (Å²) >= 11 is 17.9. The molecule has 0 bridgehead atoms. The Kier molecular flexibility index (Phi) is 6.78. The topological polar surface area (TPSA) is 61.7 Å². The third-order valence-corrected chi connectivity index (χ3v) is 5.10. The fourth-order valence-electron chi connectivity index (χ4n) is 2.74. The lowest BCUT2D eigenvalue weighted by molar-refractivity contribution is 0.0662. The average molecular weight is 418 g/mol. The molecule has 9 heteroatoms. The van der Waals surface area contributed by atoms with Crippen molar-refractivity contribution < 1.29 is 9.84 Å². The highest BCUT2D eigenvalue weighted by Gasteiger charge is 2.21. The summed E-state index contributed by atoms with van der Waals surface area (Å²) in [5.41, 5.74) is 0. The Morgan fingerprint density at radius 1 is 1.00 bits per heavy atom. The standard InChI is InChI=1S/C17H19Cl3N4O2/c18-13-8-15(20)16(9-14(13)19)26-11-12(25)10-23-4-6-24(7-5-23)17-21-2-1-3-22-17/h1-3,8-9,12,25H,4-7,10-11H2/t12-/m1/s1. The Labute approximate surface area is 167 Å². The van der Waals surface area contributed by atoms with Gasteiger partial charge in [0.15, 0.2) is 0 Å². The van der Waals surface area contributed by atoms with Gasteiger partial charge in [-0.15, -0.1) is 0 Å². The number of hydrogen-bond acceptors (Lipinski definition) is 6. The molecule has 140 valence electrons. The molecule has 1 aromatic carbocycles. The number of β-amino-alcohol motifs (C(OH)–C–C–N with tert-alkyl or cyclic N) is 1. The van der Waals surface area contributed by atoms with Crippen molar-refractivity contribution in [2.24, 2.45) is 0 Å². The zero-order chi connectivity index (χ0) is 18.5. The molecule has 1 atom stereocenters.